The molecule has 0 aromatic carbocycles. The van der Waals surface area contributed by atoms with Crippen molar-refractivity contribution in [3.05, 3.63) is 22.1 Å². The van der Waals surface area contributed by atoms with Crippen molar-refractivity contribution >= 4 is 46.3 Å². The van der Waals surface area contributed by atoms with Crippen LogP contribution in [0.15, 0.2) is 22.1 Å². The molecule has 0 radical (unpaired) electrons. The fraction of sp³-hybridized carbons (Fsp3) is 0.700. The Labute approximate surface area is 280 Å². The molecule has 2 unspecified atom stereocenters. The second kappa shape index (κ2) is 13.8. The number of ether oxygens (including phenoxy) is 11. The summed E-state index contributed by atoms with van der Waals surface area (Å²) in [6.45, 7) is 13.7. The topological polar surface area (TPSA) is 187 Å². The Morgan fingerprint density at radius 3 is 1.81 bits per heavy atom. The Hall–Kier alpha value is -3.73. The summed E-state index contributed by atoms with van der Waals surface area (Å²) in [5, 5.41) is 0. The smallest absolute Gasteiger partial charge is 0.496 e. The van der Waals surface area contributed by atoms with Gasteiger partial charge in [-0.2, -0.15) is 0 Å². The molecule has 0 amide bonds. The van der Waals surface area contributed by atoms with Gasteiger partial charge in [-0.25, -0.2) is 19.2 Å². The Balaban J connectivity index is 2.21. The maximum atomic E-state index is 13.2. The van der Waals surface area contributed by atoms with E-state index in [2.05, 4.69) is 15.9 Å². The van der Waals surface area contributed by atoms with Crippen LogP contribution in [0.3, 0.4) is 0 Å². The fourth-order valence-corrected chi connectivity index (χ4v) is 5.37. The highest BCUT2D eigenvalue weighted by Crippen LogP contribution is 2.49. The van der Waals surface area contributed by atoms with Gasteiger partial charge in [-0.1, -0.05) is 0 Å². The van der Waals surface area contributed by atoms with E-state index in [9.17, 15) is 24.0 Å². The van der Waals surface area contributed by atoms with E-state index in [1.165, 1.54) is 14.2 Å². The second-order valence-corrected chi connectivity index (χ2v) is 14.4. The minimum atomic E-state index is -2.17. The van der Waals surface area contributed by atoms with Crippen LogP contribution in [-0.2, 0) is 56.9 Å². The van der Waals surface area contributed by atoms with Crippen molar-refractivity contribution in [1.82, 2.24) is 0 Å². The number of ketones is 1. The summed E-state index contributed by atoms with van der Waals surface area (Å²) in [7, 11) is 2.41. The van der Waals surface area contributed by atoms with Gasteiger partial charge >= 0.3 is 24.6 Å². The first-order valence-corrected chi connectivity index (χ1v) is 15.3. The first-order chi connectivity index (χ1) is 21.5. The van der Waals surface area contributed by atoms with Crippen LogP contribution in [0.1, 0.15) is 62.3 Å². The van der Waals surface area contributed by atoms with Crippen LogP contribution in [0.2, 0.25) is 0 Å². The summed E-state index contributed by atoms with van der Waals surface area (Å²) in [5.41, 5.74) is -5.17. The van der Waals surface area contributed by atoms with E-state index in [1.54, 1.807) is 62.3 Å². The Kier molecular flexibility index (Phi) is 11.1. The van der Waals surface area contributed by atoms with Crippen LogP contribution in [0.25, 0.3) is 0 Å². The molecule has 0 saturated carbocycles. The van der Waals surface area contributed by atoms with Crippen molar-refractivity contribution in [2.75, 3.05) is 20.8 Å². The van der Waals surface area contributed by atoms with Gasteiger partial charge in [0, 0.05) is 6.08 Å². The Bertz CT molecular complexity index is 1320. The van der Waals surface area contributed by atoms with Crippen molar-refractivity contribution in [3.8, 4) is 0 Å². The molecule has 2 heterocycles. The van der Waals surface area contributed by atoms with Crippen LogP contribution in [0.5, 0.6) is 0 Å². The molecular weight excluding hydrogens is 696 g/mol. The van der Waals surface area contributed by atoms with Gasteiger partial charge < -0.3 is 52.1 Å². The van der Waals surface area contributed by atoms with Crippen LogP contribution in [-0.4, -0.2) is 104 Å². The van der Waals surface area contributed by atoms with E-state index in [1.807, 2.05) is 0 Å². The lowest BCUT2D eigenvalue weighted by Crippen LogP contribution is -2.72. The molecule has 264 valence electrons. The van der Waals surface area contributed by atoms with Crippen LogP contribution >= 0.6 is 15.9 Å². The minimum Gasteiger partial charge on any atom is -0.496 e. The number of fused-ring (bicyclic) bond motifs is 2. The zero-order valence-electron chi connectivity index (χ0n) is 28.1. The molecule has 6 atom stereocenters. The monoisotopic (exact) mass is 736 g/mol. The third-order valence-corrected chi connectivity index (χ3v) is 7.07. The number of carbonyl (C=O) groups excluding carboxylic acids is 5. The summed E-state index contributed by atoms with van der Waals surface area (Å²) in [6.07, 6.45) is -12.0. The van der Waals surface area contributed by atoms with Gasteiger partial charge in [-0.3, -0.25) is 4.79 Å². The van der Waals surface area contributed by atoms with Crippen molar-refractivity contribution in [1.29, 1.82) is 0 Å². The molecule has 0 aromatic rings. The van der Waals surface area contributed by atoms with Crippen molar-refractivity contribution in [2.45, 2.75) is 115 Å². The highest BCUT2D eigenvalue weighted by atomic mass is 79.9. The maximum Gasteiger partial charge on any atom is 0.510 e. The van der Waals surface area contributed by atoms with Gasteiger partial charge in [-0.15, -0.1) is 0 Å². The lowest BCUT2D eigenvalue weighted by atomic mass is 9.78. The number of rotatable bonds is 6. The molecule has 17 heteroatoms. The molecule has 1 aliphatic carbocycles. The normalized spacial score (nSPS) is 27.7. The quantitative estimate of drug-likeness (QED) is 0.262. The van der Waals surface area contributed by atoms with Crippen molar-refractivity contribution < 1.29 is 76.1 Å². The molecule has 3 rings (SSSR count). The zero-order valence-corrected chi connectivity index (χ0v) is 29.7. The number of hydrogen-bond donors (Lipinski definition) is 0. The average molecular weight is 738 g/mol. The molecule has 0 aromatic heterocycles. The van der Waals surface area contributed by atoms with Crippen LogP contribution in [0, 0.1) is 0 Å². The third-order valence-electron chi connectivity index (χ3n) is 6.32. The van der Waals surface area contributed by atoms with Gasteiger partial charge in [0.25, 0.3) is 5.60 Å². The fourth-order valence-electron chi connectivity index (χ4n) is 4.80. The summed E-state index contributed by atoms with van der Waals surface area (Å²) in [5.74, 6) is -1.11. The third kappa shape index (κ3) is 9.00. The standard InChI is InChI=1S/C30H41BrO16/c1-27(2,3)44-23(33)39-13-15-18(41-24(34)45-28(4,5)6)19(42-25(35)46-29(7,8)9)20-22(40-15)30(47-26(36)43-20)16(37-10)12-14(32)17(31)21(30)38-11/h12,15,18-20,22H,13H2,1-11H3/t15-,18+,19?,20?,22+,30-/m0/s1. The van der Waals surface area contributed by atoms with E-state index in [0.29, 0.717) is 0 Å². The zero-order chi connectivity index (χ0) is 35.7. The highest BCUT2D eigenvalue weighted by Gasteiger charge is 2.69. The average Bonchev–Trinajstić information content (AvgIpc) is 2.88. The maximum absolute atomic E-state index is 13.2. The molecule has 2 fully saturated rings. The lowest BCUT2D eigenvalue weighted by Gasteiger charge is -2.53. The molecule has 2 aliphatic heterocycles. The lowest BCUT2D eigenvalue weighted by molar-refractivity contribution is -0.295. The predicted octanol–water partition coefficient (Wildman–Crippen LogP) is 4.99. The number of halogens is 1. The molecule has 0 N–H and O–H groups in total. The van der Waals surface area contributed by atoms with E-state index < -0.39 is 89.9 Å². The van der Waals surface area contributed by atoms with Crippen LogP contribution in [0.4, 0.5) is 19.2 Å². The van der Waals surface area contributed by atoms with Crippen molar-refractivity contribution in [2.24, 2.45) is 0 Å². The SMILES string of the molecule is COC1=CC(=O)C(Br)=C(OC)[C@@]12OC(=O)OC1C(OC(=O)OC(C)(C)C)[C@H](OC(=O)OC(C)(C)C)[C@H](COC(=O)OC(C)(C)C)O[C@H]12. The summed E-state index contributed by atoms with van der Waals surface area (Å²) in [6, 6.07) is 0. The van der Waals surface area contributed by atoms with E-state index >= 15 is 0 Å². The van der Waals surface area contributed by atoms with E-state index in [4.69, 9.17) is 52.1 Å². The number of hydrogen-bond acceptors (Lipinski definition) is 16. The largest absolute Gasteiger partial charge is 0.510 e. The molecule has 16 nitrogen and oxygen atoms in total. The van der Waals surface area contributed by atoms with E-state index in [0.717, 1.165) is 6.08 Å². The Morgan fingerprint density at radius 1 is 0.809 bits per heavy atom. The van der Waals surface area contributed by atoms with Gasteiger partial charge in [-0.05, 0) is 78.2 Å². The minimum absolute atomic E-state index is 0.156. The van der Waals surface area contributed by atoms with Crippen LogP contribution < -0.4 is 0 Å². The molecular formula is C30H41BrO16. The Morgan fingerprint density at radius 2 is 1.32 bits per heavy atom. The number of carbonyl (C=O) groups is 5. The second-order valence-electron chi connectivity index (χ2n) is 13.6. The molecule has 3 aliphatic rings. The molecule has 0 bridgehead atoms. The molecule has 47 heavy (non-hydrogen) atoms. The first kappa shape index (κ1) is 37.7. The van der Waals surface area contributed by atoms with E-state index in [-0.39, 0.29) is 16.0 Å². The number of methoxy groups -OCH3 is 2. The van der Waals surface area contributed by atoms with Gasteiger partial charge in [0.05, 0.1) is 14.2 Å². The highest BCUT2D eigenvalue weighted by molar-refractivity contribution is 9.12. The summed E-state index contributed by atoms with van der Waals surface area (Å²) in [4.78, 5) is 64.7. The van der Waals surface area contributed by atoms with Gasteiger partial charge in [0.2, 0.25) is 0 Å². The first-order valence-electron chi connectivity index (χ1n) is 14.5. The summed E-state index contributed by atoms with van der Waals surface area (Å²) < 4.78 is 61.0. The van der Waals surface area contributed by atoms with Crippen molar-refractivity contribution in [3.63, 3.8) is 0 Å². The predicted molar refractivity (Wildman–Crippen MR) is 160 cm³/mol. The van der Waals surface area contributed by atoms with Gasteiger partial charge in [0.15, 0.2) is 41.7 Å². The molecule has 2 saturated heterocycles. The summed E-state index contributed by atoms with van der Waals surface area (Å²) >= 11 is 3.18. The molecule has 1 spiro atoms. The van der Waals surface area contributed by atoms with Gasteiger partial charge in [0.1, 0.15) is 34.0 Å². The number of allylic oxidation sites excluding steroid dienone is 2.